The van der Waals surface area contributed by atoms with Crippen molar-refractivity contribution in [2.45, 2.75) is 95.9 Å². The van der Waals surface area contributed by atoms with Crippen molar-refractivity contribution in [3.8, 4) is 0 Å². The Morgan fingerprint density at radius 3 is 2.06 bits per heavy atom. The lowest BCUT2D eigenvalue weighted by molar-refractivity contribution is -0.143. The summed E-state index contributed by atoms with van der Waals surface area (Å²) in [7, 11) is 0. The topological polar surface area (TPSA) is 125 Å². The van der Waals surface area contributed by atoms with Crippen LogP contribution in [-0.4, -0.2) is 64.2 Å². The maximum atomic E-state index is 13.1. The number of carboxylic acid groups (broad SMARTS) is 1. The van der Waals surface area contributed by atoms with Crippen LogP contribution >= 0.6 is 0 Å². The highest BCUT2D eigenvalue weighted by molar-refractivity contribution is 5.93. The summed E-state index contributed by atoms with van der Waals surface area (Å²) in [6.07, 6.45) is 5.78. The largest absolute Gasteiger partial charge is 0.480 e. The smallest absolute Gasteiger partial charge is 0.410 e. The third kappa shape index (κ3) is 6.11. The van der Waals surface area contributed by atoms with Crippen molar-refractivity contribution in [3.63, 3.8) is 0 Å². The first-order chi connectivity index (χ1) is 14.6. The fraction of sp³-hybridized carbons (Fsp3) is 0.818. The van der Waals surface area contributed by atoms with Gasteiger partial charge in [0.15, 0.2) is 0 Å². The molecular weight excluding hydrogens is 402 g/mol. The summed E-state index contributed by atoms with van der Waals surface area (Å²) in [6, 6.07) is -2.40. The third-order valence-corrected chi connectivity index (χ3v) is 6.29. The van der Waals surface area contributed by atoms with Gasteiger partial charge in [0.2, 0.25) is 11.8 Å². The summed E-state index contributed by atoms with van der Waals surface area (Å²) in [4.78, 5) is 51.7. The van der Waals surface area contributed by atoms with E-state index in [2.05, 4.69) is 10.6 Å². The number of nitrogens with zero attached hydrogens (tertiary/aromatic N) is 1. The number of rotatable bonds is 7. The molecule has 1 unspecified atom stereocenters. The second kappa shape index (κ2) is 9.44. The fourth-order valence-corrected chi connectivity index (χ4v) is 4.57. The fourth-order valence-electron chi connectivity index (χ4n) is 4.57. The summed E-state index contributed by atoms with van der Waals surface area (Å²) in [6.45, 7) is 5.75. The van der Waals surface area contributed by atoms with Gasteiger partial charge < -0.3 is 20.5 Å². The number of hydrogen-bond acceptors (Lipinski definition) is 5. The van der Waals surface area contributed by atoms with Crippen molar-refractivity contribution in [3.05, 3.63) is 0 Å². The molecule has 3 atom stereocenters. The summed E-state index contributed by atoms with van der Waals surface area (Å²) in [5.74, 6) is -1.94. The first-order valence-corrected chi connectivity index (χ1v) is 11.4. The molecule has 3 amide bonds. The quantitative estimate of drug-likeness (QED) is 0.560. The Bertz CT molecular complexity index is 709. The van der Waals surface area contributed by atoms with Gasteiger partial charge in [0, 0.05) is 6.54 Å². The molecule has 3 aliphatic rings. The van der Waals surface area contributed by atoms with E-state index in [9.17, 15) is 24.3 Å². The van der Waals surface area contributed by atoms with Crippen molar-refractivity contribution in [1.82, 2.24) is 15.5 Å². The maximum absolute atomic E-state index is 13.1. The molecule has 1 aliphatic heterocycles. The Labute approximate surface area is 183 Å². The Morgan fingerprint density at radius 1 is 0.903 bits per heavy atom. The number of likely N-dealkylation sites (tertiary alicyclic amines) is 1. The van der Waals surface area contributed by atoms with Gasteiger partial charge in [-0.15, -0.1) is 0 Å². The number of hydrogen-bond donors (Lipinski definition) is 3. The second-order valence-corrected chi connectivity index (χ2v) is 10.0. The van der Waals surface area contributed by atoms with E-state index in [0.717, 1.165) is 38.5 Å². The van der Waals surface area contributed by atoms with Crippen LogP contribution in [0.5, 0.6) is 0 Å². The Balaban J connectivity index is 1.68. The molecule has 0 spiro atoms. The number of carbonyl (C=O) groups excluding carboxylic acids is 3. The normalized spacial score (nSPS) is 23.8. The highest BCUT2D eigenvalue weighted by atomic mass is 16.6. The van der Waals surface area contributed by atoms with E-state index >= 15 is 0 Å². The van der Waals surface area contributed by atoms with Gasteiger partial charge in [0.1, 0.15) is 23.7 Å². The van der Waals surface area contributed by atoms with Crippen molar-refractivity contribution in [2.24, 2.45) is 11.8 Å². The lowest BCUT2D eigenvalue weighted by Crippen LogP contribution is -2.57. The average Bonchev–Trinajstić information content (AvgIpc) is 3.16. The van der Waals surface area contributed by atoms with Gasteiger partial charge in [-0.2, -0.15) is 0 Å². The van der Waals surface area contributed by atoms with Crippen LogP contribution in [0.3, 0.4) is 0 Å². The molecule has 1 heterocycles. The minimum atomic E-state index is -1.04. The summed E-state index contributed by atoms with van der Waals surface area (Å²) >= 11 is 0. The summed E-state index contributed by atoms with van der Waals surface area (Å²) in [5, 5.41) is 15.0. The van der Waals surface area contributed by atoms with Gasteiger partial charge >= 0.3 is 12.1 Å². The molecule has 2 saturated carbocycles. The van der Waals surface area contributed by atoms with Crippen LogP contribution in [0, 0.1) is 11.8 Å². The molecule has 3 fully saturated rings. The lowest BCUT2D eigenvalue weighted by atomic mass is 9.96. The zero-order chi connectivity index (χ0) is 22.8. The predicted octanol–water partition coefficient (Wildman–Crippen LogP) is 2.04. The molecule has 0 bridgehead atoms. The number of nitrogens with one attached hydrogen (secondary N) is 2. The standard InChI is InChI=1S/C22H35N3O6/c1-22(2,3)31-21(30)25-12-6-9-15(25)18(26)23-16(13-7-4-5-8-13)19(27)24-17(20(28)29)14-10-11-14/h13-17H,4-12H2,1-3H3,(H,23,26)(H,24,27)(H,28,29)/t15-,16+,17?/m0/s1. The van der Waals surface area contributed by atoms with E-state index in [1.54, 1.807) is 20.8 Å². The minimum absolute atomic E-state index is 0.0334. The van der Waals surface area contributed by atoms with Crippen LogP contribution in [0.2, 0.25) is 0 Å². The van der Waals surface area contributed by atoms with Crippen LogP contribution in [0.25, 0.3) is 0 Å². The Kier molecular flexibility index (Phi) is 7.11. The number of carbonyl (C=O) groups is 4. The van der Waals surface area contributed by atoms with Crippen molar-refractivity contribution in [1.29, 1.82) is 0 Å². The van der Waals surface area contributed by atoms with E-state index in [4.69, 9.17) is 4.74 Å². The Morgan fingerprint density at radius 2 is 1.52 bits per heavy atom. The Hall–Kier alpha value is -2.32. The molecule has 9 heteroatoms. The molecule has 0 radical (unpaired) electrons. The SMILES string of the molecule is CC(C)(C)OC(=O)N1CCC[C@H]1C(=O)N[C@@H](C(=O)NC(C(=O)O)C1CC1)C1CCCC1. The van der Waals surface area contributed by atoms with Gasteiger partial charge in [-0.3, -0.25) is 14.5 Å². The van der Waals surface area contributed by atoms with Crippen molar-refractivity contribution in [2.75, 3.05) is 6.54 Å². The highest BCUT2D eigenvalue weighted by Crippen LogP contribution is 2.33. The van der Waals surface area contributed by atoms with E-state index in [1.807, 2.05) is 0 Å². The second-order valence-electron chi connectivity index (χ2n) is 10.0. The van der Waals surface area contributed by atoms with Crippen LogP contribution in [0.1, 0.15) is 72.1 Å². The summed E-state index contributed by atoms with van der Waals surface area (Å²) in [5.41, 5.74) is -0.665. The molecule has 0 aromatic heterocycles. The average molecular weight is 438 g/mol. The van der Waals surface area contributed by atoms with Crippen molar-refractivity contribution < 1.29 is 29.0 Å². The lowest BCUT2D eigenvalue weighted by Gasteiger charge is -2.30. The molecule has 1 saturated heterocycles. The molecule has 2 aliphatic carbocycles. The van der Waals surface area contributed by atoms with E-state index in [-0.39, 0.29) is 17.7 Å². The molecule has 31 heavy (non-hydrogen) atoms. The van der Waals surface area contributed by atoms with Crippen LogP contribution in [-0.2, 0) is 19.1 Å². The molecule has 3 rings (SSSR count). The highest BCUT2D eigenvalue weighted by Gasteiger charge is 2.42. The molecule has 174 valence electrons. The molecule has 0 aromatic rings. The third-order valence-electron chi connectivity index (χ3n) is 6.29. The zero-order valence-corrected chi connectivity index (χ0v) is 18.7. The minimum Gasteiger partial charge on any atom is -0.480 e. The van der Waals surface area contributed by atoms with Gasteiger partial charge in [0.25, 0.3) is 0 Å². The molecular formula is C22H35N3O6. The first kappa shape index (κ1) is 23.3. The molecule has 9 nitrogen and oxygen atoms in total. The van der Waals surface area contributed by atoms with Crippen LogP contribution in [0.4, 0.5) is 4.79 Å². The number of amides is 3. The maximum Gasteiger partial charge on any atom is 0.410 e. The number of carboxylic acids is 1. The molecule has 0 aromatic carbocycles. The van der Waals surface area contributed by atoms with Crippen LogP contribution in [0.15, 0.2) is 0 Å². The summed E-state index contributed by atoms with van der Waals surface area (Å²) < 4.78 is 5.43. The van der Waals surface area contributed by atoms with E-state index < -0.39 is 41.7 Å². The zero-order valence-electron chi connectivity index (χ0n) is 18.7. The van der Waals surface area contributed by atoms with Gasteiger partial charge in [-0.25, -0.2) is 9.59 Å². The van der Waals surface area contributed by atoms with E-state index in [1.165, 1.54) is 4.90 Å². The van der Waals surface area contributed by atoms with Crippen molar-refractivity contribution >= 4 is 23.9 Å². The van der Waals surface area contributed by atoms with Gasteiger partial charge in [0.05, 0.1) is 0 Å². The van der Waals surface area contributed by atoms with Gasteiger partial charge in [-0.1, -0.05) is 12.8 Å². The number of aliphatic carboxylic acids is 1. The van der Waals surface area contributed by atoms with Gasteiger partial charge in [-0.05, 0) is 71.1 Å². The number of ether oxygens (including phenoxy) is 1. The van der Waals surface area contributed by atoms with E-state index in [0.29, 0.717) is 19.4 Å². The molecule has 3 N–H and O–H groups in total. The first-order valence-electron chi connectivity index (χ1n) is 11.4. The van der Waals surface area contributed by atoms with Crippen LogP contribution < -0.4 is 10.6 Å². The predicted molar refractivity (Wildman–Crippen MR) is 112 cm³/mol. The monoisotopic (exact) mass is 437 g/mol.